The van der Waals surface area contributed by atoms with Gasteiger partial charge in [-0.3, -0.25) is 9.59 Å². The van der Waals surface area contributed by atoms with E-state index in [1.807, 2.05) is 68.1 Å². The summed E-state index contributed by atoms with van der Waals surface area (Å²) < 4.78 is 0. The van der Waals surface area contributed by atoms with Crippen molar-refractivity contribution >= 4 is 28.5 Å². The molecule has 150 valence electrons. The molecule has 1 aliphatic heterocycles. The Kier molecular flexibility index (Phi) is 6.17. The Labute approximate surface area is 166 Å². The average molecular weight is 383 g/mol. The zero-order valence-corrected chi connectivity index (χ0v) is 17.2. The van der Waals surface area contributed by atoms with Crippen molar-refractivity contribution in [2.24, 2.45) is 11.8 Å². The van der Waals surface area contributed by atoms with Crippen molar-refractivity contribution in [3.05, 3.63) is 35.9 Å². The van der Waals surface area contributed by atoms with Gasteiger partial charge in [0, 0.05) is 45.0 Å². The number of carbonyl (C=O) groups is 2. The van der Waals surface area contributed by atoms with Gasteiger partial charge < -0.3 is 15.1 Å². The number of nitrogens with zero attached hydrogens (tertiary/aromatic N) is 3. The van der Waals surface area contributed by atoms with Crippen LogP contribution in [0.5, 0.6) is 0 Å². The summed E-state index contributed by atoms with van der Waals surface area (Å²) in [7, 11) is 3.92. The molecular weight excluding hydrogens is 352 g/mol. The fourth-order valence-electron chi connectivity index (χ4n) is 3.69. The smallest absolute Gasteiger partial charge is 0.225 e. The van der Waals surface area contributed by atoms with E-state index < -0.39 is 0 Å². The number of hydrogen-bond donors (Lipinski definition) is 1. The number of rotatable bonds is 5. The molecular formula is C22H30N4O2. The van der Waals surface area contributed by atoms with Crippen LogP contribution < -0.4 is 10.2 Å². The molecule has 2 aromatic rings. The van der Waals surface area contributed by atoms with Gasteiger partial charge in [-0.2, -0.15) is 0 Å². The molecule has 2 heterocycles. The van der Waals surface area contributed by atoms with Gasteiger partial charge in [0.05, 0.1) is 11.4 Å². The van der Waals surface area contributed by atoms with E-state index in [2.05, 4.69) is 10.3 Å². The van der Waals surface area contributed by atoms with Crippen LogP contribution in [0.3, 0.4) is 0 Å². The number of aromatic nitrogens is 1. The molecule has 6 heteroatoms. The molecule has 1 unspecified atom stereocenters. The van der Waals surface area contributed by atoms with Gasteiger partial charge in [-0.1, -0.05) is 32.0 Å². The lowest BCUT2D eigenvalue weighted by Crippen LogP contribution is -2.46. The van der Waals surface area contributed by atoms with E-state index in [9.17, 15) is 9.59 Å². The highest BCUT2D eigenvalue weighted by molar-refractivity contribution is 5.85. The van der Waals surface area contributed by atoms with Gasteiger partial charge in [0.2, 0.25) is 11.8 Å². The zero-order chi connectivity index (χ0) is 20.3. The Bertz CT molecular complexity index is 863. The second kappa shape index (κ2) is 8.59. The van der Waals surface area contributed by atoms with Crippen LogP contribution in [0.1, 0.15) is 32.3 Å². The van der Waals surface area contributed by atoms with Gasteiger partial charge in [0.1, 0.15) is 5.82 Å². The highest BCUT2D eigenvalue weighted by Gasteiger charge is 2.29. The first-order valence-corrected chi connectivity index (χ1v) is 9.99. The van der Waals surface area contributed by atoms with E-state index in [-0.39, 0.29) is 23.7 Å². The van der Waals surface area contributed by atoms with Crippen molar-refractivity contribution in [1.29, 1.82) is 0 Å². The molecule has 0 spiro atoms. The second-order valence-electron chi connectivity index (χ2n) is 8.05. The van der Waals surface area contributed by atoms with Gasteiger partial charge in [-0.15, -0.1) is 0 Å². The lowest BCUT2D eigenvalue weighted by molar-refractivity contribution is -0.138. The van der Waals surface area contributed by atoms with E-state index in [0.717, 1.165) is 41.7 Å². The number of fused-ring (bicyclic) bond motifs is 1. The number of amides is 2. The normalized spacial score (nSPS) is 17.0. The number of anilines is 1. The Hall–Kier alpha value is -2.63. The fourth-order valence-corrected chi connectivity index (χ4v) is 3.69. The first-order chi connectivity index (χ1) is 13.4. The summed E-state index contributed by atoms with van der Waals surface area (Å²) in [5.74, 6) is 0.850. The van der Waals surface area contributed by atoms with Crippen molar-refractivity contribution in [1.82, 2.24) is 15.2 Å². The minimum atomic E-state index is -0.141. The molecule has 0 aliphatic carbocycles. The van der Waals surface area contributed by atoms with Crippen molar-refractivity contribution < 1.29 is 9.59 Å². The highest BCUT2D eigenvalue weighted by atomic mass is 16.2. The van der Waals surface area contributed by atoms with Crippen LogP contribution in [0.15, 0.2) is 30.3 Å². The predicted octanol–water partition coefficient (Wildman–Crippen LogP) is 2.81. The zero-order valence-electron chi connectivity index (χ0n) is 17.2. The SMILES string of the molecule is CC(C)C(=O)N1CCCC(C(=O)NCc2cc(N(C)C)nc3ccccc23)C1. The van der Waals surface area contributed by atoms with Gasteiger partial charge in [0.15, 0.2) is 0 Å². The first kappa shape index (κ1) is 20.1. The Balaban J connectivity index is 1.71. The van der Waals surface area contributed by atoms with Crippen molar-refractivity contribution in [2.75, 3.05) is 32.1 Å². The van der Waals surface area contributed by atoms with Crippen LogP contribution in [-0.2, 0) is 16.1 Å². The van der Waals surface area contributed by atoms with E-state index in [1.54, 1.807) is 0 Å². The minimum Gasteiger partial charge on any atom is -0.363 e. The number of para-hydroxylation sites is 1. The molecule has 2 amide bonds. The third-order valence-corrected chi connectivity index (χ3v) is 5.30. The lowest BCUT2D eigenvalue weighted by atomic mass is 9.96. The summed E-state index contributed by atoms with van der Waals surface area (Å²) in [5, 5.41) is 4.14. The molecule has 0 saturated carbocycles. The van der Waals surface area contributed by atoms with Gasteiger partial charge in [0.25, 0.3) is 0 Å². The topological polar surface area (TPSA) is 65.5 Å². The van der Waals surface area contributed by atoms with Crippen LogP contribution in [0.4, 0.5) is 5.82 Å². The quantitative estimate of drug-likeness (QED) is 0.864. The molecule has 6 nitrogen and oxygen atoms in total. The Morgan fingerprint density at radius 1 is 1.29 bits per heavy atom. The van der Waals surface area contributed by atoms with Crippen molar-refractivity contribution in [3.8, 4) is 0 Å². The summed E-state index contributed by atoms with van der Waals surface area (Å²) in [6.45, 7) is 5.54. The summed E-state index contributed by atoms with van der Waals surface area (Å²) in [4.78, 5) is 33.5. The standard InChI is InChI=1S/C22H30N4O2/c1-15(2)22(28)26-11-7-8-16(14-26)21(27)23-13-17-12-20(25(3)4)24-19-10-6-5-9-18(17)19/h5-6,9-10,12,15-16H,7-8,11,13-14H2,1-4H3,(H,23,27). The van der Waals surface area contributed by atoms with Crippen LogP contribution in [0, 0.1) is 11.8 Å². The number of piperidine rings is 1. The number of benzene rings is 1. The summed E-state index contributed by atoms with van der Waals surface area (Å²) >= 11 is 0. The number of likely N-dealkylation sites (tertiary alicyclic amines) is 1. The molecule has 0 bridgehead atoms. The summed E-state index contributed by atoms with van der Waals surface area (Å²) in [6.07, 6.45) is 1.70. The van der Waals surface area contributed by atoms with Crippen molar-refractivity contribution in [2.45, 2.75) is 33.2 Å². The second-order valence-corrected chi connectivity index (χ2v) is 8.05. The molecule has 0 radical (unpaired) electrons. The van der Waals surface area contributed by atoms with Crippen LogP contribution >= 0.6 is 0 Å². The molecule has 1 aliphatic rings. The molecule has 1 N–H and O–H groups in total. The van der Waals surface area contributed by atoms with E-state index in [1.165, 1.54) is 0 Å². The minimum absolute atomic E-state index is 0.0218. The lowest BCUT2D eigenvalue weighted by Gasteiger charge is -2.33. The largest absolute Gasteiger partial charge is 0.363 e. The van der Waals surface area contributed by atoms with E-state index in [4.69, 9.17) is 0 Å². The molecule has 1 saturated heterocycles. The first-order valence-electron chi connectivity index (χ1n) is 9.99. The number of hydrogen-bond acceptors (Lipinski definition) is 4. The monoisotopic (exact) mass is 382 g/mol. The number of carbonyl (C=O) groups excluding carboxylic acids is 2. The molecule has 3 rings (SSSR count). The maximum Gasteiger partial charge on any atom is 0.225 e. The molecule has 28 heavy (non-hydrogen) atoms. The van der Waals surface area contributed by atoms with Crippen molar-refractivity contribution in [3.63, 3.8) is 0 Å². The fraction of sp³-hybridized carbons (Fsp3) is 0.500. The molecule has 1 atom stereocenters. The van der Waals surface area contributed by atoms with E-state index in [0.29, 0.717) is 13.1 Å². The summed E-state index contributed by atoms with van der Waals surface area (Å²) in [6, 6.07) is 10.0. The third-order valence-electron chi connectivity index (χ3n) is 5.30. The van der Waals surface area contributed by atoms with Gasteiger partial charge in [-0.25, -0.2) is 4.98 Å². The van der Waals surface area contributed by atoms with Gasteiger partial charge in [-0.05, 0) is 30.5 Å². The van der Waals surface area contributed by atoms with Crippen LogP contribution in [0.25, 0.3) is 10.9 Å². The maximum absolute atomic E-state index is 12.8. The van der Waals surface area contributed by atoms with Crippen LogP contribution in [0.2, 0.25) is 0 Å². The maximum atomic E-state index is 12.8. The van der Waals surface area contributed by atoms with Gasteiger partial charge >= 0.3 is 0 Å². The molecule has 1 aromatic heterocycles. The van der Waals surface area contributed by atoms with E-state index >= 15 is 0 Å². The number of pyridine rings is 1. The third kappa shape index (κ3) is 4.43. The number of nitrogens with one attached hydrogen (secondary N) is 1. The Morgan fingerprint density at radius 2 is 2.04 bits per heavy atom. The Morgan fingerprint density at radius 3 is 2.75 bits per heavy atom. The highest BCUT2D eigenvalue weighted by Crippen LogP contribution is 2.23. The predicted molar refractivity (Wildman–Crippen MR) is 112 cm³/mol. The van der Waals surface area contributed by atoms with Crippen LogP contribution in [-0.4, -0.2) is 48.9 Å². The summed E-state index contributed by atoms with van der Waals surface area (Å²) in [5.41, 5.74) is 1.97. The molecule has 1 fully saturated rings. The average Bonchev–Trinajstić information content (AvgIpc) is 2.70. The molecule has 1 aromatic carbocycles.